The van der Waals surface area contributed by atoms with Gasteiger partial charge in [0, 0.05) is 19.1 Å². The van der Waals surface area contributed by atoms with Gasteiger partial charge in [0.1, 0.15) is 5.37 Å². The number of nitrogens with zero attached hydrogens (tertiary/aromatic N) is 1. The predicted molar refractivity (Wildman–Crippen MR) is 102 cm³/mol. The Hall–Kier alpha value is -1.11. The van der Waals surface area contributed by atoms with E-state index in [-0.39, 0.29) is 30.5 Å². The first-order chi connectivity index (χ1) is 11.8. The van der Waals surface area contributed by atoms with E-state index < -0.39 is 0 Å². The molecule has 25 heavy (non-hydrogen) atoms. The molecule has 4 rings (SSSR count). The molecular formula is C18H25ClN2O3S. The molecule has 0 bridgehead atoms. The van der Waals surface area contributed by atoms with Gasteiger partial charge in [-0.15, -0.1) is 24.2 Å². The summed E-state index contributed by atoms with van der Waals surface area (Å²) < 4.78 is 10.9. The number of nitrogens with one attached hydrogen (secondary N) is 1. The normalized spacial score (nSPS) is 23.0. The highest BCUT2D eigenvalue weighted by molar-refractivity contribution is 8.00. The highest BCUT2D eigenvalue weighted by atomic mass is 35.5. The van der Waals surface area contributed by atoms with Gasteiger partial charge in [0.25, 0.3) is 0 Å². The van der Waals surface area contributed by atoms with Crippen LogP contribution in [0.5, 0.6) is 11.5 Å². The smallest absolute Gasteiger partial charge is 0.233 e. The zero-order chi connectivity index (χ0) is 16.4. The molecule has 138 valence electrons. The number of carbonyl (C=O) groups excluding carboxylic acids is 1. The highest BCUT2D eigenvalue weighted by Crippen LogP contribution is 2.42. The molecular weight excluding hydrogens is 360 g/mol. The van der Waals surface area contributed by atoms with Crippen LogP contribution < -0.4 is 14.8 Å². The van der Waals surface area contributed by atoms with Crippen molar-refractivity contribution < 1.29 is 14.3 Å². The van der Waals surface area contributed by atoms with Crippen molar-refractivity contribution in [1.82, 2.24) is 10.2 Å². The Morgan fingerprint density at radius 3 is 2.80 bits per heavy atom. The summed E-state index contributed by atoms with van der Waals surface area (Å²) in [4.78, 5) is 14.3. The summed E-state index contributed by atoms with van der Waals surface area (Å²) in [6.45, 7) is 1.92. The van der Waals surface area contributed by atoms with Gasteiger partial charge >= 0.3 is 0 Å². The number of fused-ring (bicyclic) bond motifs is 1. The number of thioether (sulfide) groups is 1. The fraction of sp³-hybridized carbons (Fsp3) is 0.611. The maximum Gasteiger partial charge on any atom is 0.233 e. The molecule has 0 spiro atoms. The quantitative estimate of drug-likeness (QED) is 0.843. The minimum absolute atomic E-state index is 0. The molecule has 1 N–H and O–H groups in total. The molecule has 5 nitrogen and oxygen atoms in total. The average Bonchev–Trinajstić information content (AvgIpc) is 3.22. The van der Waals surface area contributed by atoms with Crippen LogP contribution in [0, 0.1) is 0 Å². The molecule has 1 saturated carbocycles. The number of amides is 1. The zero-order valence-electron chi connectivity index (χ0n) is 14.2. The van der Waals surface area contributed by atoms with E-state index in [1.165, 1.54) is 32.1 Å². The highest BCUT2D eigenvalue weighted by Gasteiger charge is 2.33. The molecule has 0 radical (unpaired) electrons. The van der Waals surface area contributed by atoms with Gasteiger partial charge in [-0.05, 0) is 30.5 Å². The van der Waals surface area contributed by atoms with Crippen LogP contribution in [0.3, 0.4) is 0 Å². The van der Waals surface area contributed by atoms with E-state index in [4.69, 9.17) is 9.47 Å². The van der Waals surface area contributed by atoms with E-state index in [1.54, 1.807) is 11.8 Å². The number of halogens is 1. The lowest BCUT2D eigenvalue weighted by Gasteiger charge is -2.27. The first-order valence-corrected chi connectivity index (χ1v) is 9.90. The van der Waals surface area contributed by atoms with Crippen molar-refractivity contribution in [3.63, 3.8) is 0 Å². The van der Waals surface area contributed by atoms with Crippen molar-refractivity contribution in [2.24, 2.45) is 0 Å². The number of rotatable bonds is 5. The van der Waals surface area contributed by atoms with E-state index in [2.05, 4.69) is 5.32 Å². The third kappa shape index (κ3) is 4.18. The Balaban J connectivity index is 0.00000182. The first-order valence-electron chi connectivity index (χ1n) is 8.85. The summed E-state index contributed by atoms with van der Waals surface area (Å²) in [7, 11) is 0. The molecule has 1 aliphatic carbocycles. The lowest BCUT2D eigenvalue weighted by atomic mass is 9.95. The van der Waals surface area contributed by atoms with Crippen molar-refractivity contribution in [2.75, 3.05) is 25.6 Å². The van der Waals surface area contributed by atoms with E-state index in [0.29, 0.717) is 11.8 Å². The molecule has 2 fully saturated rings. The van der Waals surface area contributed by atoms with Gasteiger partial charge < -0.3 is 19.7 Å². The van der Waals surface area contributed by atoms with E-state index in [1.807, 2.05) is 23.1 Å². The van der Waals surface area contributed by atoms with E-state index in [0.717, 1.165) is 30.2 Å². The van der Waals surface area contributed by atoms with Gasteiger partial charge in [-0.1, -0.05) is 25.3 Å². The number of benzene rings is 1. The van der Waals surface area contributed by atoms with Crippen molar-refractivity contribution in [1.29, 1.82) is 0 Å². The van der Waals surface area contributed by atoms with Crippen molar-refractivity contribution in [3.8, 4) is 11.5 Å². The molecule has 1 amide bonds. The van der Waals surface area contributed by atoms with Gasteiger partial charge in [0.05, 0.1) is 5.75 Å². The molecule has 1 aromatic carbocycles. The minimum atomic E-state index is 0. The van der Waals surface area contributed by atoms with Crippen LogP contribution in [-0.4, -0.2) is 42.5 Å². The molecule has 2 heterocycles. The summed E-state index contributed by atoms with van der Waals surface area (Å²) in [6, 6.07) is 6.64. The molecule has 3 aliphatic rings. The SMILES string of the molecule is Cl.O=C1CSC(c2ccc3c(c2)OCO3)N1CCNC1CCCCC1. The van der Waals surface area contributed by atoms with Crippen molar-refractivity contribution >= 4 is 30.1 Å². The maximum atomic E-state index is 12.3. The first kappa shape index (κ1) is 18.7. The number of ether oxygens (including phenoxy) is 2. The number of hydrogen-bond acceptors (Lipinski definition) is 5. The second kappa shape index (κ2) is 8.52. The van der Waals surface area contributed by atoms with Crippen molar-refractivity contribution in [3.05, 3.63) is 23.8 Å². The third-order valence-electron chi connectivity index (χ3n) is 5.04. The Bertz CT molecular complexity index is 610. The van der Waals surface area contributed by atoms with Crippen LogP contribution in [-0.2, 0) is 4.79 Å². The Labute approximate surface area is 159 Å². The van der Waals surface area contributed by atoms with Crippen LogP contribution in [0.1, 0.15) is 43.0 Å². The standard InChI is InChI=1S/C18H24N2O3S.ClH/c21-17-11-24-18(13-6-7-15-16(10-13)23-12-22-15)20(17)9-8-19-14-4-2-1-3-5-14;/h6-7,10,14,18-19H,1-5,8-9,11-12H2;1H. The summed E-state index contributed by atoms with van der Waals surface area (Å²) >= 11 is 1.70. The Kier molecular flexibility index (Phi) is 6.36. The van der Waals surface area contributed by atoms with Crippen molar-refractivity contribution in [2.45, 2.75) is 43.5 Å². The van der Waals surface area contributed by atoms with Crippen LogP contribution >= 0.6 is 24.2 Å². The minimum Gasteiger partial charge on any atom is -0.454 e. The molecule has 7 heteroatoms. The molecule has 0 aromatic heterocycles. The van der Waals surface area contributed by atoms with Gasteiger partial charge in [0.15, 0.2) is 11.5 Å². The topological polar surface area (TPSA) is 50.8 Å². The summed E-state index contributed by atoms with van der Waals surface area (Å²) in [5.41, 5.74) is 1.12. The van der Waals surface area contributed by atoms with Crippen LogP contribution in [0.2, 0.25) is 0 Å². The Morgan fingerprint density at radius 2 is 1.96 bits per heavy atom. The average molecular weight is 385 g/mol. The number of carbonyl (C=O) groups is 1. The molecule has 1 unspecified atom stereocenters. The monoisotopic (exact) mass is 384 g/mol. The van der Waals surface area contributed by atoms with Gasteiger partial charge in [0.2, 0.25) is 12.7 Å². The molecule has 1 aromatic rings. The van der Waals surface area contributed by atoms with Gasteiger partial charge in [-0.2, -0.15) is 0 Å². The van der Waals surface area contributed by atoms with E-state index >= 15 is 0 Å². The Morgan fingerprint density at radius 1 is 1.16 bits per heavy atom. The zero-order valence-corrected chi connectivity index (χ0v) is 15.9. The summed E-state index contributed by atoms with van der Waals surface area (Å²) in [6.07, 6.45) is 6.57. The molecule has 2 aliphatic heterocycles. The fourth-order valence-corrected chi connectivity index (χ4v) is 4.94. The van der Waals surface area contributed by atoms with E-state index in [9.17, 15) is 4.79 Å². The summed E-state index contributed by atoms with van der Waals surface area (Å²) in [5, 5.41) is 3.72. The van der Waals surface area contributed by atoms with Gasteiger partial charge in [-0.3, -0.25) is 4.79 Å². The van der Waals surface area contributed by atoms with Crippen LogP contribution in [0.4, 0.5) is 0 Å². The molecule has 1 atom stereocenters. The summed E-state index contributed by atoms with van der Waals surface area (Å²) in [5.74, 6) is 2.36. The lowest BCUT2D eigenvalue weighted by Crippen LogP contribution is -2.39. The van der Waals surface area contributed by atoms with Gasteiger partial charge in [-0.25, -0.2) is 0 Å². The second-order valence-corrected chi connectivity index (χ2v) is 7.72. The predicted octanol–water partition coefficient (Wildman–Crippen LogP) is 3.33. The van der Waals surface area contributed by atoms with Crippen LogP contribution in [0.15, 0.2) is 18.2 Å². The largest absolute Gasteiger partial charge is 0.454 e. The fourth-order valence-electron chi connectivity index (χ4n) is 3.73. The lowest BCUT2D eigenvalue weighted by molar-refractivity contribution is -0.128. The second-order valence-electron chi connectivity index (χ2n) is 6.65. The third-order valence-corrected chi connectivity index (χ3v) is 6.30. The molecule has 1 saturated heterocycles. The van der Waals surface area contributed by atoms with Crippen LogP contribution in [0.25, 0.3) is 0 Å². The maximum absolute atomic E-state index is 12.3. The number of hydrogen-bond donors (Lipinski definition) is 1.